The number of benzene rings is 1. The Labute approximate surface area is 112 Å². The highest BCUT2D eigenvalue weighted by atomic mass is 16.6. The summed E-state index contributed by atoms with van der Waals surface area (Å²) in [5.74, 6) is 0.727. The van der Waals surface area contributed by atoms with Crippen LogP contribution in [0.15, 0.2) is 18.2 Å². The fourth-order valence-corrected chi connectivity index (χ4v) is 1.95. The van der Waals surface area contributed by atoms with Crippen molar-refractivity contribution in [1.82, 2.24) is 5.32 Å². The topological polar surface area (TPSA) is 71.4 Å². The molecule has 100 valence electrons. The Morgan fingerprint density at radius 1 is 1.47 bits per heavy atom. The van der Waals surface area contributed by atoms with Crippen molar-refractivity contribution in [2.75, 3.05) is 13.2 Å². The molecule has 1 amide bonds. The molecule has 1 atom stereocenters. The predicted molar refractivity (Wildman–Crippen MR) is 69.2 cm³/mol. The molecule has 0 bridgehead atoms. The van der Waals surface area contributed by atoms with Crippen LogP contribution in [0.4, 0.5) is 0 Å². The summed E-state index contributed by atoms with van der Waals surface area (Å²) in [7, 11) is 0. The Kier molecular flexibility index (Phi) is 4.24. The highest BCUT2D eigenvalue weighted by Crippen LogP contribution is 2.33. The van der Waals surface area contributed by atoms with E-state index in [0.717, 1.165) is 6.42 Å². The third kappa shape index (κ3) is 2.97. The fourth-order valence-electron chi connectivity index (χ4n) is 1.95. The lowest BCUT2D eigenvalue weighted by Gasteiger charge is -2.21. The number of carbonyl (C=O) groups is 1. The summed E-state index contributed by atoms with van der Waals surface area (Å²) in [6.45, 7) is 2.88. The minimum Gasteiger partial charge on any atom is -0.486 e. The maximum absolute atomic E-state index is 12.2. The first-order valence-electron chi connectivity index (χ1n) is 6.35. The molecule has 0 aromatic heterocycles. The van der Waals surface area contributed by atoms with Gasteiger partial charge in [0.2, 0.25) is 0 Å². The molecule has 5 nitrogen and oxygen atoms in total. The molecular weight excluding hydrogens is 244 g/mol. The zero-order chi connectivity index (χ0) is 13.7. The van der Waals surface area contributed by atoms with E-state index >= 15 is 0 Å². The third-order valence-corrected chi connectivity index (χ3v) is 2.85. The van der Waals surface area contributed by atoms with E-state index in [1.807, 2.05) is 6.92 Å². The van der Waals surface area contributed by atoms with Gasteiger partial charge in [-0.25, -0.2) is 0 Å². The maximum atomic E-state index is 12.2. The van der Waals surface area contributed by atoms with E-state index in [1.54, 1.807) is 18.2 Å². The van der Waals surface area contributed by atoms with E-state index < -0.39 is 6.04 Å². The van der Waals surface area contributed by atoms with Crippen molar-refractivity contribution in [3.8, 4) is 17.6 Å². The summed E-state index contributed by atoms with van der Waals surface area (Å²) >= 11 is 0. The van der Waals surface area contributed by atoms with Crippen molar-refractivity contribution in [2.24, 2.45) is 0 Å². The number of fused-ring (bicyclic) bond motifs is 1. The second kappa shape index (κ2) is 6.10. The Morgan fingerprint density at radius 3 is 3.00 bits per heavy atom. The average Bonchev–Trinajstić information content (AvgIpc) is 2.46. The van der Waals surface area contributed by atoms with Gasteiger partial charge in [0.25, 0.3) is 5.91 Å². The summed E-state index contributed by atoms with van der Waals surface area (Å²) in [4.78, 5) is 12.2. The normalized spacial score (nSPS) is 14.3. The van der Waals surface area contributed by atoms with Crippen LogP contribution in [0.25, 0.3) is 0 Å². The van der Waals surface area contributed by atoms with Crippen molar-refractivity contribution in [3.63, 3.8) is 0 Å². The Morgan fingerprint density at radius 2 is 2.26 bits per heavy atom. The standard InChI is InChI=1S/C14H16N2O3/c1-2-4-10(9-15)16-14(17)11-5-3-6-12-13(11)19-8-7-18-12/h3,5-6,10H,2,4,7-8H2,1H3,(H,16,17). The van der Waals surface area contributed by atoms with E-state index in [-0.39, 0.29) is 5.91 Å². The number of amides is 1. The third-order valence-electron chi connectivity index (χ3n) is 2.85. The van der Waals surface area contributed by atoms with Gasteiger partial charge in [0.1, 0.15) is 19.3 Å². The van der Waals surface area contributed by atoms with Crippen molar-refractivity contribution in [3.05, 3.63) is 23.8 Å². The SMILES string of the molecule is CCCC(C#N)NC(=O)c1cccc2c1OCCO2. The van der Waals surface area contributed by atoms with Crippen LogP contribution in [0, 0.1) is 11.3 Å². The molecule has 2 rings (SSSR count). The van der Waals surface area contributed by atoms with Crippen LogP contribution in [-0.2, 0) is 0 Å². The molecular formula is C14H16N2O3. The predicted octanol–water partition coefficient (Wildman–Crippen LogP) is 1.88. The van der Waals surface area contributed by atoms with Crippen molar-refractivity contribution < 1.29 is 14.3 Å². The Bertz CT molecular complexity index is 508. The summed E-state index contributed by atoms with van der Waals surface area (Å²) in [5.41, 5.74) is 0.411. The first kappa shape index (κ1) is 13.2. The number of rotatable bonds is 4. The van der Waals surface area contributed by atoms with Crippen molar-refractivity contribution in [1.29, 1.82) is 5.26 Å². The number of hydrogen-bond acceptors (Lipinski definition) is 4. The number of nitriles is 1. The summed E-state index contributed by atoms with van der Waals surface area (Å²) in [5, 5.41) is 11.7. The molecule has 1 unspecified atom stereocenters. The molecule has 0 radical (unpaired) electrons. The molecule has 0 fully saturated rings. The number of nitrogens with zero attached hydrogens (tertiary/aromatic N) is 1. The van der Waals surface area contributed by atoms with Gasteiger partial charge in [0.05, 0.1) is 11.6 Å². The minimum absolute atomic E-state index is 0.303. The highest BCUT2D eigenvalue weighted by molar-refractivity contribution is 5.98. The zero-order valence-electron chi connectivity index (χ0n) is 10.8. The van der Waals surface area contributed by atoms with Gasteiger partial charge in [-0.2, -0.15) is 5.26 Å². The van der Waals surface area contributed by atoms with Crippen LogP contribution in [0.1, 0.15) is 30.1 Å². The number of hydrogen-bond donors (Lipinski definition) is 1. The summed E-state index contributed by atoms with van der Waals surface area (Å²) < 4.78 is 10.9. The number of carbonyl (C=O) groups excluding carboxylic acids is 1. The largest absolute Gasteiger partial charge is 0.486 e. The van der Waals surface area contributed by atoms with E-state index in [1.165, 1.54) is 0 Å². The van der Waals surface area contributed by atoms with Crippen LogP contribution in [0.3, 0.4) is 0 Å². The van der Waals surface area contributed by atoms with E-state index in [4.69, 9.17) is 14.7 Å². The summed E-state index contributed by atoms with van der Waals surface area (Å²) in [6, 6.07) is 6.78. The van der Waals surface area contributed by atoms with E-state index in [0.29, 0.717) is 36.7 Å². The lowest BCUT2D eigenvalue weighted by atomic mass is 10.1. The molecule has 1 aromatic rings. The van der Waals surface area contributed by atoms with Gasteiger partial charge in [-0.15, -0.1) is 0 Å². The molecule has 0 saturated carbocycles. The van der Waals surface area contributed by atoms with Gasteiger partial charge in [0.15, 0.2) is 11.5 Å². The first-order chi connectivity index (χ1) is 9.26. The first-order valence-corrected chi connectivity index (χ1v) is 6.35. The quantitative estimate of drug-likeness (QED) is 0.897. The molecule has 1 aromatic carbocycles. The maximum Gasteiger partial charge on any atom is 0.256 e. The number of para-hydroxylation sites is 1. The lowest BCUT2D eigenvalue weighted by molar-refractivity contribution is 0.0933. The number of ether oxygens (including phenoxy) is 2. The lowest BCUT2D eigenvalue weighted by Crippen LogP contribution is -2.34. The van der Waals surface area contributed by atoms with Gasteiger partial charge in [-0.3, -0.25) is 4.79 Å². The second-order valence-electron chi connectivity index (χ2n) is 4.27. The Balaban J connectivity index is 2.18. The fraction of sp³-hybridized carbons (Fsp3) is 0.429. The monoisotopic (exact) mass is 260 g/mol. The second-order valence-corrected chi connectivity index (χ2v) is 4.27. The van der Waals surface area contributed by atoms with Crippen LogP contribution in [0.2, 0.25) is 0 Å². The zero-order valence-corrected chi connectivity index (χ0v) is 10.8. The molecule has 1 heterocycles. The van der Waals surface area contributed by atoms with Crippen LogP contribution in [0.5, 0.6) is 11.5 Å². The molecule has 0 saturated heterocycles. The Hall–Kier alpha value is -2.22. The van der Waals surface area contributed by atoms with Gasteiger partial charge < -0.3 is 14.8 Å². The van der Waals surface area contributed by atoms with Crippen LogP contribution in [-0.4, -0.2) is 25.2 Å². The highest BCUT2D eigenvalue weighted by Gasteiger charge is 2.21. The molecule has 1 aliphatic heterocycles. The molecule has 0 spiro atoms. The smallest absolute Gasteiger partial charge is 0.256 e. The van der Waals surface area contributed by atoms with Gasteiger partial charge >= 0.3 is 0 Å². The average molecular weight is 260 g/mol. The molecule has 19 heavy (non-hydrogen) atoms. The molecule has 1 N–H and O–H groups in total. The van der Waals surface area contributed by atoms with E-state index in [9.17, 15) is 4.79 Å². The summed E-state index contributed by atoms with van der Waals surface area (Å²) in [6.07, 6.45) is 1.47. The molecule has 1 aliphatic rings. The van der Waals surface area contributed by atoms with E-state index in [2.05, 4.69) is 11.4 Å². The molecule has 0 aliphatic carbocycles. The van der Waals surface area contributed by atoms with Crippen LogP contribution >= 0.6 is 0 Å². The van der Waals surface area contributed by atoms with Crippen molar-refractivity contribution >= 4 is 5.91 Å². The number of nitrogens with one attached hydrogen (secondary N) is 1. The van der Waals surface area contributed by atoms with Gasteiger partial charge in [0, 0.05) is 0 Å². The van der Waals surface area contributed by atoms with Gasteiger partial charge in [-0.05, 0) is 18.6 Å². The van der Waals surface area contributed by atoms with Gasteiger partial charge in [-0.1, -0.05) is 19.4 Å². The minimum atomic E-state index is -0.474. The molecule has 5 heteroatoms. The van der Waals surface area contributed by atoms with Crippen LogP contribution < -0.4 is 14.8 Å². The van der Waals surface area contributed by atoms with Crippen molar-refractivity contribution in [2.45, 2.75) is 25.8 Å².